The second kappa shape index (κ2) is 6.24. The first kappa shape index (κ1) is 14.7. The predicted octanol–water partition coefficient (Wildman–Crippen LogP) is 4.41. The van der Waals surface area contributed by atoms with E-state index in [9.17, 15) is 8.78 Å². The van der Waals surface area contributed by atoms with Crippen LogP contribution in [0.25, 0.3) is 0 Å². The van der Waals surface area contributed by atoms with E-state index in [1.807, 2.05) is 18.4 Å². The molecular weight excluding hydrogens is 288 g/mol. The molecule has 1 nitrogen and oxygen atoms in total. The van der Waals surface area contributed by atoms with Crippen LogP contribution in [0.5, 0.6) is 0 Å². The van der Waals surface area contributed by atoms with Crippen LogP contribution < -0.4 is 5.32 Å². The van der Waals surface area contributed by atoms with Crippen molar-refractivity contribution in [2.45, 2.75) is 38.1 Å². The van der Waals surface area contributed by atoms with Gasteiger partial charge in [-0.15, -0.1) is 11.3 Å². The molecule has 21 heavy (non-hydrogen) atoms. The fraction of sp³-hybridized carbons (Fsp3) is 0.412. The van der Waals surface area contributed by atoms with Crippen LogP contribution >= 0.6 is 11.3 Å². The molecule has 3 rings (SSSR count). The fourth-order valence-corrected chi connectivity index (χ4v) is 4.31. The summed E-state index contributed by atoms with van der Waals surface area (Å²) < 4.78 is 26.8. The van der Waals surface area contributed by atoms with Crippen LogP contribution in [0, 0.1) is 11.6 Å². The average Bonchev–Trinajstić information content (AvgIpc) is 2.90. The summed E-state index contributed by atoms with van der Waals surface area (Å²) >= 11 is 1.84. The predicted molar refractivity (Wildman–Crippen MR) is 82.8 cm³/mol. The van der Waals surface area contributed by atoms with Crippen molar-refractivity contribution < 1.29 is 8.78 Å². The van der Waals surface area contributed by atoms with Gasteiger partial charge in [-0.2, -0.15) is 0 Å². The van der Waals surface area contributed by atoms with Crippen LogP contribution in [0.15, 0.2) is 24.3 Å². The number of fused-ring (bicyclic) bond motifs is 1. The van der Waals surface area contributed by atoms with Crippen molar-refractivity contribution in [1.29, 1.82) is 0 Å². The summed E-state index contributed by atoms with van der Waals surface area (Å²) in [4.78, 5) is 2.74. The van der Waals surface area contributed by atoms with E-state index in [-0.39, 0.29) is 6.04 Å². The van der Waals surface area contributed by atoms with E-state index in [1.54, 1.807) is 6.07 Å². The number of hydrogen-bond acceptors (Lipinski definition) is 2. The van der Waals surface area contributed by atoms with Crippen molar-refractivity contribution >= 4 is 11.3 Å². The molecule has 1 aromatic carbocycles. The van der Waals surface area contributed by atoms with Gasteiger partial charge in [0.05, 0.1) is 0 Å². The quantitative estimate of drug-likeness (QED) is 0.882. The molecule has 0 spiro atoms. The van der Waals surface area contributed by atoms with Gasteiger partial charge in [0, 0.05) is 21.9 Å². The minimum atomic E-state index is -0.524. The Kier molecular flexibility index (Phi) is 4.36. The number of aryl methyl sites for hydroxylation is 2. The lowest BCUT2D eigenvalue weighted by atomic mass is 9.98. The number of nitrogens with one attached hydrogen (secondary N) is 1. The van der Waals surface area contributed by atoms with Crippen LogP contribution in [0.4, 0.5) is 8.78 Å². The van der Waals surface area contributed by atoms with Gasteiger partial charge in [0.1, 0.15) is 11.6 Å². The smallest absolute Gasteiger partial charge is 0.129 e. The Hall–Kier alpha value is -1.26. The molecule has 1 aliphatic rings. The minimum Gasteiger partial charge on any atom is -0.312 e. The first-order chi connectivity index (χ1) is 10.2. The monoisotopic (exact) mass is 307 g/mol. The summed E-state index contributed by atoms with van der Waals surface area (Å²) in [6.07, 6.45) is 5.40. The highest BCUT2D eigenvalue weighted by Crippen LogP contribution is 2.34. The standard InChI is InChI=1S/C17H19F2NS/c1-20-15(8-11-6-7-13(18)10-14(11)19)17-9-12-4-2-3-5-16(12)21-17/h6-7,9-10,15,20H,2-5,8H2,1H3. The van der Waals surface area contributed by atoms with E-state index in [1.165, 1.54) is 40.6 Å². The molecule has 4 heteroatoms. The van der Waals surface area contributed by atoms with E-state index in [4.69, 9.17) is 0 Å². The molecule has 0 saturated heterocycles. The average molecular weight is 307 g/mol. The maximum Gasteiger partial charge on any atom is 0.129 e. The molecule has 0 amide bonds. The van der Waals surface area contributed by atoms with Crippen LogP contribution in [0.1, 0.15) is 39.8 Å². The van der Waals surface area contributed by atoms with Crippen molar-refractivity contribution in [2.75, 3.05) is 7.05 Å². The molecule has 0 aliphatic heterocycles. The minimum absolute atomic E-state index is 0.0839. The summed E-state index contributed by atoms with van der Waals surface area (Å²) in [5, 5.41) is 3.27. The number of thiophene rings is 1. The van der Waals surface area contributed by atoms with E-state index >= 15 is 0 Å². The van der Waals surface area contributed by atoms with Crippen LogP contribution in [0.2, 0.25) is 0 Å². The largest absolute Gasteiger partial charge is 0.312 e. The van der Waals surface area contributed by atoms with Crippen molar-refractivity contribution in [3.05, 3.63) is 56.8 Å². The van der Waals surface area contributed by atoms with Crippen molar-refractivity contribution in [3.63, 3.8) is 0 Å². The van der Waals surface area contributed by atoms with Gasteiger partial charge in [-0.3, -0.25) is 0 Å². The zero-order valence-electron chi connectivity index (χ0n) is 12.1. The Morgan fingerprint density at radius 1 is 1.19 bits per heavy atom. The third kappa shape index (κ3) is 3.16. The second-order valence-electron chi connectivity index (χ2n) is 5.59. The van der Waals surface area contributed by atoms with Gasteiger partial charge in [-0.1, -0.05) is 6.07 Å². The lowest BCUT2D eigenvalue weighted by Gasteiger charge is -2.15. The van der Waals surface area contributed by atoms with Gasteiger partial charge in [-0.05, 0) is 62.4 Å². The first-order valence-electron chi connectivity index (χ1n) is 7.40. The Morgan fingerprint density at radius 2 is 2.00 bits per heavy atom. The molecule has 2 aromatic rings. The lowest BCUT2D eigenvalue weighted by molar-refractivity contribution is 0.544. The molecule has 0 saturated carbocycles. The molecule has 0 bridgehead atoms. The van der Waals surface area contributed by atoms with E-state index in [0.717, 1.165) is 12.5 Å². The highest BCUT2D eigenvalue weighted by molar-refractivity contribution is 7.12. The van der Waals surface area contributed by atoms with Crippen LogP contribution in [-0.4, -0.2) is 7.05 Å². The van der Waals surface area contributed by atoms with Gasteiger partial charge >= 0.3 is 0 Å². The molecule has 1 atom stereocenters. The molecule has 1 unspecified atom stereocenters. The number of likely N-dealkylation sites (N-methyl/N-ethyl adjacent to an activating group) is 1. The normalized spacial score (nSPS) is 15.8. The van der Waals surface area contributed by atoms with Crippen molar-refractivity contribution in [2.24, 2.45) is 0 Å². The number of benzene rings is 1. The highest BCUT2D eigenvalue weighted by Gasteiger charge is 2.19. The van der Waals surface area contributed by atoms with E-state index in [2.05, 4.69) is 11.4 Å². The molecule has 1 heterocycles. The molecular formula is C17H19F2NS. The Labute approximate surface area is 128 Å². The molecule has 1 aromatic heterocycles. The number of halogens is 2. The Bertz CT molecular complexity index is 612. The SMILES string of the molecule is CNC(Cc1ccc(F)cc1F)c1cc2c(s1)CCCC2. The zero-order chi connectivity index (χ0) is 14.8. The van der Waals surface area contributed by atoms with Gasteiger partial charge in [0.15, 0.2) is 0 Å². The third-order valence-electron chi connectivity index (χ3n) is 4.15. The number of hydrogen-bond donors (Lipinski definition) is 1. The van der Waals surface area contributed by atoms with Crippen molar-refractivity contribution in [1.82, 2.24) is 5.32 Å². The summed E-state index contributed by atoms with van der Waals surface area (Å²) in [7, 11) is 1.89. The molecule has 0 fully saturated rings. The second-order valence-corrected chi connectivity index (χ2v) is 6.75. The zero-order valence-corrected chi connectivity index (χ0v) is 12.9. The maximum absolute atomic E-state index is 13.8. The topological polar surface area (TPSA) is 12.0 Å². The Balaban J connectivity index is 1.83. The molecule has 112 valence electrons. The van der Waals surface area contributed by atoms with Gasteiger partial charge in [0.25, 0.3) is 0 Å². The summed E-state index contributed by atoms with van der Waals surface area (Å²) in [6, 6.07) is 6.18. The maximum atomic E-state index is 13.8. The first-order valence-corrected chi connectivity index (χ1v) is 8.21. The van der Waals surface area contributed by atoms with Gasteiger partial charge in [-0.25, -0.2) is 8.78 Å². The molecule has 1 N–H and O–H groups in total. The van der Waals surface area contributed by atoms with Gasteiger partial charge < -0.3 is 5.32 Å². The summed E-state index contributed by atoms with van der Waals surface area (Å²) in [6.45, 7) is 0. The van der Waals surface area contributed by atoms with Gasteiger partial charge in [0.2, 0.25) is 0 Å². The fourth-order valence-electron chi connectivity index (χ4n) is 2.94. The van der Waals surface area contributed by atoms with Crippen LogP contribution in [-0.2, 0) is 19.3 Å². The van der Waals surface area contributed by atoms with Crippen LogP contribution in [0.3, 0.4) is 0 Å². The van der Waals surface area contributed by atoms with Crippen molar-refractivity contribution in [3.8, 4) is 0 Å². The number of rotatable bonds is 4. The highest BCUT2D eigenvalue weighted by atomic mass is 32.1. The third-order valence-corrected chi connectivity index (χ3v) is 5.50. The summed E-state index contributed by atoms with van der Waals surface area (Å²) in [5.41, 5.74) is 2.02. The lowest BCUT2D eigenvalue weighted by Crippen LogP contribution is -2.18. The van der Waals surface area contributed by atoms with E-state index in [0.29, 0.717) is 12.0 Å². The Morgan fingerprint density at radius 3 is 2.71 bits per heavy atom. The molecule has 1 aliphatic carbocycles. The van der Waals surface area contributed by atoms with E-state index < -0.39 is 11.6 Å². The summed E-state index contributed by atoms with van der Waals surface area (Å²) in [5.74, 6) is -0.986. The molecule has 0 radical (unpaired) electrons.